The number of benzene rings is 1. The maximum Gasteiger partial charge on any atom is 0.762 e. The van der Waals surface area contributed by atoms with Gasteiger partial charge >= 0.3 is 7.54 Å². The van der Waals surface area contributed by atoms with E-state index in [4.69, 9.17) is 4.74 Å². The van der Waals surface area contributed by atoms with Gasteiger partial charge in [0.05, 0.1) is 32.8 Å². The fourth-order valence-corrected chi connectivity index (χ4v) is 4.53. The highest BCUT2D eigenvalue weighted by atomic mass is 19.4. The van der Waals surface area contributed by atoms with E-state index in [2.05, 4.69) is 49.8 Å². The van der Waals surface area contributed by atoms with Crippen LogP contribution in [0.15, 0.2) is 36.7 Å². The Morgan fingerprint density at radius 3 is 1.74 bits per heavy atom. The second-order valence-electron chi connectivity index (χ2n) is 9.63. The van der Waals surface area contributed by atoms with E-state index in [9.17, 15) is 12.9 Å². The minimum atomic E-state index is -3.67. The number of halogens is 4. The molecule has 2 aromatic rings. The molecule has 0 radical (unpaired) electrons. The third-order valence-corrected chi connectivity index (χ3v) is 7.19. The molecule has 9 heteroatoms. The van der Waals surface area contributed by atoms with Crippen molar-refractivity contribution in [2.45, 2.75) is 91.9 Å². The summed E-state index contributed by atoms with van der Waals surface area (Å²) in [6, 6.07) is 8.20. The first-order valence-corrected chi connectivity index (χ1v) is 14.2. The van der Waals surface area contributed by atoms with E-state index in [1.165, 1.54) is 87.6 Å². The molecule has 1 aromatic carbocycles. The van der Waals surface area contributed by atoms with E-state index < -0.39 is 7.54 Å². The smallest absolute Gasteiger partial charge is 0.762 e. The molecule has 0 fully saturated rings. The van der Waals surface area contributed by atoms with Gasteiger partial charge in [-0.15, -0.1) is 0 Å². The van der Waals surface area contributed by atoms with Crippen LogP contribution in [0, 0.1) is 0 Å². The maximum atomic E-state index is 9.67. The van der Waals surface area contributed by atoms with Crippen molar-refractivity contribution in [3.05, 3.63) is 42.2 Å². The summed E-state index contributed by atoms with van der Waals surface area (Å²) in [5.41, 5.74) is 2.28. The molecule has 1 heterocycles. The molecule has 1 aromatic heterocycles. The quantitative estimate of drug-likeness (QED) is 0.110. The summed E-state index contributed by atoms with van der Waals surface area (Å²) in [5, 5.41) is 0. The first-order chi connectivity index (χ1) is 17.9. The van der Waals surface area contributed by atoms with Crippen LogP contribution in [0.5, 0.6) is 5.75 Å². The number of hydrogen-bond acceptors (Lipinski definition) is 3. The van der Waals surface area contributed by atoms with E-state index in [1.54, 1.807) is 0 Å². The van der Waals surface area contributed by atoms with Crippen molar-refractivity contribution in [2.24, 2.45) is 0 Å². The number of aryl methyl sites for hydroxylation is 1. The van der Waals surface area contributed by atoms with Crippen LogP contribution >= 0.6 is 0 Å². The zero-order chi connectivity index (χ0) is 27.4. The lowest BCUT2D eigenvalue weighted by Crippen LogP contribution is -3.00. The van der Waals surface area contributed by atoms with E-state index in [-0.39, 0.29) is 4.70 Å². The van der Waals surface area contributed by atoms with Crippen LogP contribution < -0.4 is 9.44 Å². The van der Waals surface area contributed by atoms with Crippen molar-refractivity contribution in [3.63, 3.8) is 0 Å². The van der Waals surface area contributed by atoms with Gasteiger partial charge in [0.25, 0.3) is 0 Å². The Hall–Kier alpha value is -2.16. The highest BCUT2D eigenvalue weighted by Crippen LogP contribution is 2.20. The number of quaternary nitrogens is 1. The highest BCUT2D eigenvalue weighted by Gasteiger charge is 2.19. The van der Waals surface area contributed by atoms with Crippen LogP contribution in [-0.2, 0) is 6.42 Å². The Bertz CT molecular complexity index is 795. The van der Waals surface area contributed by atoms with Gasteiger partial charge in [0, 0.05) is 24.4 Å². The van der Waals surface area contributed by atoms with Gasteiger partial charge in [-0.2, -0.15) is 0 Å². The molecule has 0 spiro atoms. The minimum absolute atomic E-state index is 0. The van der Waals surface area contributed by atoms with Crippen LogP contribution in [-0.4, -0.2) is 54.8 Å². The first-order valence-electron chi connectivity index (χ1n) is 14.2. The summed E-state index contributed by atoms with van der Waals surface area (Å²) >= 11 is 0. The number of ether oxygens (including phenoxy) is 1. The van der Waals surface area contributed by atoms with E-state index in [0.29, 0.717) is 0 Å². The Morgan fingerprint density at radius 2 is 1.24 bits per heavy atom. The predicted molar refractivity (Wildman–Crippen MR) is 150 cm³/mol. The molecule has 4 nitrogen and oxygen atoms in total. The molecule has 0 bridgehead atoms. The third-order valence-electron chi connectivity index (χ3n) is 7.19. The van der Waals surface area contributed by atoms with Gasteiger partial charge in [0.2, 0.25) is 0 Å². The maximum absolute atomic E-state index is 9.67. The van der Waals surface area contributed by atoms with Crippen molar-refractivity contribution >= 4 is 7.54 Å². The minimum Gasteiger partial charge on any atom is -1.00 e. The summed E-state index contributed by atoms with van der Waals surface area (Å²) in [4.78, 5) is 9.21. The van der Waals surface area contributed by atoms with Crippen molar-refractivity contribution in [1.29, 1.82) is 0 Å². The zero-order valence-corrected chi connectivity index (χ0v) is 23.9. The molecule has 38 heavy (non-hydrogen) atoms. The monoisotopic (exact) mass is 541 g/mol. The molecule has 0 aliphatic heterocycles. The molecule has 0 saturated heterocycles. The molecule has 0 aliphatic rings. The zero-order valence-electron chi connectivity index (χ0n) is 23.9. The van der Waals surface area contributed by atoms with Gasteiger partial charge in [-0.1, -0.05) is 51.9 Å². The largest absolute Gasteiger partial charge is 1.00 e. The lowest BCUT2D eigenvalue weighted by Gasteiger charge is -2.35. The molecule has 0 aliphatic carbocycles. The van der Waals surface area contributed by atoms with Crippen LogP contribution in [0.25, 0.3) is 11.4 Å². The number of rotatable bonds is 18. The van der Waals surface area contributed by atoms with Gasteiger partial charge in [0.15, 0.2) is 5.82 Å². The van der Waals surface area contributed by atoms with Crippen molar-refractivity contribution < 1.29 is 26.9 Å². The van der Waals surface area contributed by atoms with Crippen LogP contribution in [0.4, 0.5) is 12.9 Å². The Morgan fingerprint density at radius 1 is 0.737 bits per heavy atom. The van der Waals surface area contributed by atoms with Crippen LogP contribution in [0.3, 0.4) is 0 Å². The fraction of sp³-hybridized carbons (Fsp3) is 0.655. The fourth-order valence-electron chi connectivity index (χ4n) is 4.53. The van der Waals surface area contributed by atoms with E-state index in [0.717, 1.165) is 36.6 Å². The van der Waals surface area contributed by atoms with Gasteiger partial charge < -0.3 is 13.9 Å². The second-order valence-corrected chi connectivity index (χ2v) is 9.63. The SMILES string of the molecule is CCCCCCCCCCc1cnc(-c2ccc(OCCC[N+](CC)(CC)CC)cc2)nc1.FB(F)F.[F-]. The Balaban J connectivity index is 0.00000255. The molecular weight excluding hydrogens is 493 g/mol. The molecule has 2 rings (SSSR count). The number of hydrogen-bond donors (Lipinski definition) is 0. The lowest BCUT2D eigenvalue weighted by molar-refractivity contribution is -0.923. The number of nitrogens with zero attached hydrogens (tertiary/aromatic N) is 3. The van der Waals surface area contributed by atoms with Crippen molar-refractivity contribution in [1.82, 2.24) is 9.97 Å². The molecule has 0 N–H and O–H groups in total. The Labute approximate surface area is 228 Å². The molecule has 0 amide bonds. The van der Waals surface area contributed by atoms with Gasteiger partial charge in [-0.25, -0.2) is 9.97 Å². The standard InChI is InChI=1S/C29H48N3O.BF3.FH/c1-5-9-10-11-12-13-14-15-17-26-24-30-29(31-25-26)27-18-20-28(21-19-27)33-23-16-22-32(6-2,7-3)8-4;2-1(3)4;/h18-21,24-25H,5-17,22-23H2,1-4H3;;1H/q+1;;/p-1. The summed E-state index contributed by atoms with van der Waals surface area (Å²) in [7, 11) is -3.67. The molecular formula is C29H48BF4N3O. The van der Waals surface area contributed by atoms with Crippen molar-refractivity contribution in [2.75, 3.05) is 32.8 Å². The molecule has 0 unspecified atom stereocenters. The second kappa shape index (κ2) is 21.7. The Kier molecular flexibility index (Phi) is 20.5. The number of unbranched alkanes of at least 4 members (excludes halogenated alkanes) is 7. The first kappa shape index (κ1) is 35.8. The summed E-state index contributed by atoms with van der Waals surface area (Å²) in [6.07, 6.45) is 16.9. The normalized spacial score (nSPS) is 10.8. The number of aromatic nitrogens is 2. The summed E-state index contributed by atoms with van der Waals surface area (Å²) < 4.78 is 36.2. The van der Waals surface area contributed by atoms with Crippen LogP contribution in [0.1, 0.15) is 91.0 Å². The van der Waals surface area contributed by atoms with Gasteiger partial charge in [-0.3, -0.25) is 12.9 Å². The lowest BCUT2D eigenvalue weighted by atomic mass is 10.1. The van der Waals surface area contributed by atoms with Gasteiger partial charge in [0.1, 0.15) is 5.75 Å². The van der Waals surface area contributed by atoms with Gasteiger partial charge in [-0.05, 0) is 63.4 Å². The average molecular weight is 542 g/mol. The van der Waals surface area contributed by atoms with Crippen molar-refractivity contribution in [3.8, 4) is 17.1 Å². The molecule has 0 atom stereocenters. The van der Waals surface area contributed by atoms with Crippen LogP contribution in [0.2, 0.25) is 0 Å². The summed E-state index contributed by atoms with van der Waals surface area (Å²) in [5.74, 6) is 1.71. The van der Waals surface area contributed by atoms with E-state index >= 15 is 0 Å². The topological polar surface area (TPSA) is 35.0 Å². The highest BCUT2D eigenvalue weighted by molar-refractivity contribution is 6.33. The van der Waals surface area contributed by atoms with E-state index in [1.807, 2.05) is 24.5 Å². The predicted octanol–water partition coefficient (Wildman–Crippen LogP) is 5.36. The average Bonchev–Trinajstić information content (AvgIpc) is 2.91. The molecule has 216 valence electrons. The molecule has 0 saturated carbocycles. The third kappa shape index (κ3) is 15.3. The summed E-state index contributed by atoms with van der Waals surface area (Å²) in [6.45, 7) is 14.7.